The van der Waals surface area contributed by atoms with Crippen LogP contribution in [-0.4, -0.2) is 27.7 Å². The second-order valence-electron chi connectivity index (χ2n) is 7.65. The predicted molar refractivity (Wildman–Crippen MR) is 123 cm³/mol. The fourth-order valence-corrected chi connectivity index (χ4v) is 4.93. The summed E-state index contributed by atoms with van der Waals surface area (Å²) in [5, 5.41) is 3.76. The van der Waals surface area contributed by atoms with Crippen LogP contribution < -0.4 is 5.32 Å². The summed E-state index contributed by atoms with van der Waals surface area (Å²) < 4.78 is 11.2. The third-order valence-corrected chi connectivity index (χ3v) is 7.08. The van der Waals surface area contributed by atoms with Gasteiger partial charge in [0.2, 0.25) is 0 Å². The van der Waals surface area contributed by atoms with E-state index in [-0.39, 0.29) is 11.9 Å². The lowest BCUT2D eigenvalue weighted by molar-refractivity contribution is 0.0941. The van der Waals surface area contributed by atoms with E-state index in [1.54, 1.807) is 0 Å². The van der Waals surface area contributed by atoms with Gasteiger partial charge in [-0.3, -0.25) is 9.00 Å². The highest BCUT2D eigenvalue weighted by Crippen LogP contribution is 2.26. The van der Waals surface area contributed by atoms with Gasteiger partial charge in [-0.05, 0) is 60.2 Å². The maximum atomic E-state index is 12.6. The molecule has 29 heavy (non-hydrogen) atoms. The maximum absolute atomic E-state index is 12.6. The number of carbonyl (C=O) groups is 1. The van der Waals surface area contributed by atoms with E-state index in [0.717, 1.165) is 29.0 Å². The molecule has 1 heterocycles. The number of hydrogen-bond donors (Lipinski definition) is 1. The van der Waals surface area contributed by atoms with Gasteiger partial charge in [-0.2, -0.15) is 0 Å². The standard InChI is InChI=1S/C24H28ClNO2S/c1-4-18(20-10-16(3)11-21(25)13-20)8-6-17-7-9-23(19(5-2)12-17)24(27)26-22-14-29(28)15-22/h6-13,18,22H,4-5,14-15H2,1-3H3,(H,26,27)/b8-6+. The number of halogens is 1. The molecular weight excluding hydrogens is 402 g/mol. The Hall–Kier alpha value is -1.91. The van der Waals surface area contributed by atoms with Crippen LogP contribution in [-0.2, 0) is 17.2 Å². The topological polar surface area (TPSA) is 46.2 Å². The van der Waals surface area contributed by atoms with Crippen molar-refractivity contribution < 1.29 is 9.00 Å². The van der Waals surface area contributed by atoms with E-state index >= 15 is 0 Å². The van der Waals surface area contributed by atoms with Gasteiger partial charge < -0.3 is 5.32 Å². The number of aryl methyl sites for hydroxylation is 2. The third-order valence-electron chi connectivity index (χ3n) is 5.32. The molecule has 3 rings (SSSR count). The number of carbonyl (C=O) groups excluding carboxylic acids is 1. The van der Waals surface area contributed by atoms with Crippen LogP contribution in [0, 0.1) is 6.92 Å². The molecule has 1 aliphatic rings. The molecule has 0 bridgehead atoms. The quantitative estimate of drug-likeness (QED) is 0.650. The highest BCUT2D eigenvalue weighted by Gasteiger charge is 2.27. The normalized spacial score (nSPS) is 19.7. The van der Waals surface area contributed by atoms with Crippen molar-refractivity contribution in [2.24, 2.45) is 0 Å². The summed E-state index contributed by atoms with van der Waals surface area (Å²) in [4.78, 5) is 12.6. The van der Waals surface area contributed by atoms with Crippen molar-refractivity contribution in [3.8, 4) is 0 Å². The molecule has 5 heteroatoms. The zero-order chi connectivity index (χ0) is 21.0. The monoisotopic (exact) mass is 429 g/mol. The molecule has 154 valence electrons. The van der Waals surface area contributed by atoms with E-state index in [9.17, 15) is 9.00 Å². The smallest absolute Gasteiger partial charge is 0.251 e. The molecule has 2 aromatic rings. The molecule has 3 nitrogen and oxygen atoms in total. The first-order valence-electron chi connectivity index (χ1n) is 10.1. The molecule has 0 spiro atoms. The van der Waals surface area contributed by atoms with Crippen LogP contribution in [0.15, 0.2) is 42.5 Å². The first-order valence-corrected chi connectivity index (χ1v) is 12.0. The summed E-state index contributed by atoms with van der Waals surface area (Å²) in [5.41, 5.74) is 5.20. The van der Waals surface area contributed by atoms with Crippen LogP contribution in [0.5, 0.6) is 0 Å². The SMILES string of the molecule is CCc1cc(/C=C/C(CC)c2cc(C)cc(Cl)c2)ccc1C(=O)NC1CS(=O)C1. The molecule has 1 aliphatic heterocycles. The van der Waals surface area contributed by atoms with Crippen LogP contribution in [0.3, 0.4) is 0 Å². The van der Waals surface area contributed by atoms with E-state index < -0.39 is 10.8 Å². The Morgan fingerprint density at radius 2 is 2.00 bits per heavy atom. The Morgan fingerprint density at radius 1 is 1.24 bits per heavy atom. The van der Waals surface area contributed by atoms with Gasteiger partial charge in [0.1, 0.15) is 0 Å². The second-order valence-corrected chi connectivity index (χ2v) is 9.63. The number of amides is 1. The zero-order valence-corrected chi connectivity index (χ0v) is 18.8. The highest BCUT2D eigenvalue weighted by molar-refractivity contribution is 7.86. The third kappa shape index (κ3) is 5.58. The highest BCUT2D eigenvalue weighted by atomic mass is 35.5. The summed E-state index contributed by atoms with van der Waals surface area (Å²) in [7, 11) is -0.765. The van der Waals surface area contributed by atoms with Crippen LogP contribution in [0.25, 0.3) is 6.08 Å². The average Bonchev–Trinajstić information content (AvgIpc) is 2.66. The number of benzene rings is 2. The molecule has 0 saturated carbocycles. The first-order chi connectivity index (χ1) is 13.9. The number of rotatable bonds is 7. The van der Waals surface area contributed by atoms with Gasteiger partial charge in [-0.25, -0.2) is 0 Å². The minimum atomic E-state index is -0.765. The summed E-state index contributed by atoms with van der Waals surface area (Å²) in [5.74, 6) is 1.35. The number of nitrogens with one attached hydrogen (secondary N) is 1. The molecule has 0 aromatic heterocycles. The number of hydrogen-bond acceptors (Lipinski definition) is 2. The predicted octanol–water partition coefficient (Wildman–Crippen LogP) is 5.28. The largest absolute Gasteiger partial charge is 0.347 e. The Labute approximate surface area is 181 Å². The molecule has 0 aliphatic carbocycles. The first kappa shape index (κ1) is 21.8. The number of allylic oxidation sites excluding steroid dienone is 1. The van der Waals surface area contributed by atoms with Gasteiger partial charge >= 0.3 is 0 Å². The second kappa shape index (κ2) is 9.73. The summed E-state index contributed by atoms with van der Waals surface area (Å²) in [6.45, 7) is 6.29. The lowest BCUT2D eigenvalue weighted by Crippen LogP contribution is -2.50. The van der Waals surface area contributed by atoms with Gasteiger partial charge in [0.15, 0.2) is 0 Å². The van der Waals surface area contributed by atoms with Crippen molar-refractivity contribution >= 4 is 34.4 Å². The van der Waals surface area contributed by atoms with E-state index in [1.807, 2.05) is 24.3 Å². The van der Waals surface area contributed by atoms with Gasteiger partial charge in [0.05, 0.1) is 6.04 Å². The molecule has 1 saturated heterocycles. The van der Waals surface area contributed by atoms with Gasteiger partial charge in [0, 0.05) is 38.8 Å². The molecule has 1 N–H and O–H groups in total. The lowest BCUT2D eigenvalue weighted by Gasteiger charge is -2.26. The zero-order valence-electron chi connectivity index (χ0n) is 17.2. The fourth-order valence-electron chi connectivity index (χ4n) is 3.67. The summed E-state index contributed by atoms with van der Waals surface area (Å²) in [6, 6.07) is 12.2. The molecule has 1 unspecified atom stereocenters. The van der Waals surface area contributed by atoms with Crippen molar-refractivity contribution in [3.63, 3.8) is 0 Å². The Balaban J connectivity index is 1.76. The van der Waals surface area contributed by atoms with Crippen LogP contribution in [0.2, 0.25) is 5.02 Å². The molecule has 1 fully saturated rings. The van der Waals surface area contributed by atoms with Crippen molar-refractivity contribution in [1.29, 1.82) is 0 Å². The van der Waals surface area contributed by atoms with Gasteiger partial charge in [-0.1, -0.05) is 55.8 Å². The van der Waals surface area contributed by atoms with Gasteiger partial charge in [0.25, 0.3) is 5.91 Å². The molecule has 1 atom stereocenters. The van der Waals surface area contributed by atoms with E-state index in [0.29, 0.717) is 23.0 Å². The fraction of sp³-hybridized carbons (Fsp3) is 0.375. The summed E-state index contributed by atoms with van der Waals surface area (Å²) >= 11 is 6.23. The lowest BCUT2D eigenvalue weighted by atomic mass is 9.93. The minimum absolute atomic E-state index is 0.0408. The van der Waals surface area contributed by atoms with Crippen molar-refractivity contribution in [1.82, 2.24) is 5.32 Å². The minimum Gasteiger partial charge on any atom is -0.347 e. The van der Waals surface area contributed by atoms with E-state index in [2.05, 4.69) is 50.4 Å². The van der Waals surface area contributed by atoms with Crippen molar-refractivity contribution in [3.05, 3.63) is 75.3 Å². The Bertz CT molecular complexity index is 926. The van der Waals surface area contributed by atoms with Crippen LogP contribution >= 0.6 is 11.6 Å². The van der Waals surface area contributed by atoms with Crippen LogP contribution in [0.1, 0.15) is 58.8 Å². The van der Waals surface area contributed by atoms with Crippen molar-refractivity contribution in [2.75, 3.05) is 11.5 Å². The summed E-state index contributed by atoms with van der Waals surface area (Å²) in [6.07, 6.45) is 6.11. The van der Waals surface area contributed by atoms with Gasteiger partial charge in [-0.15, -0.1) is 0 Å². The van der Waals surface area contributed by atoms with E-state index in [1.165, 1.54) is 11.1 Å². The molecular formula is C24H28ClNO2S. The molecule has 2 aromatic carbocycles. The molecule has 0 radical (unpaired) electrons. The van der Waals surface area contributed by atoms with Crippen molar-refractivity contribution in [2.45, 2.75) is 45.6 Å². The molecule has 1 amide bonds. The maximum Gasteiger partial charge on any atom is 0.251 e. The van der Waals surface area contributed by atoms with E-state index in [4.69, 9.17) is 11.6 Å². The van der Waals surface area contributed by atoms with Crippen LogP contribution in [0.4, 0.5) is 0 Å². The Morgan fingerprint density at radius 3 is 2.62 bits per heavy atom. The average molecular weight is 430 g/mol. The Kier molecular flexibility index (Phi) is 7.31.